The van der Waals surface area contributed by atoms with Gasteiger partial charge in [-0.15, -0.1) is 0 Å². The molecule has 100 valence electrons. The number of rotatable bonds is 1. The van der Waals surface area contributed by atoms with Crippen LogP contribution in [0, 0.1) is 0 Å². The van der Waals surface area contributed by atoms with Crippen molar-refractivity contribution in [2.45, 2.75) is 26.4 Å². The molecule has 2 aromatic carbocycles. The van der Waals surface area contributed by atoms with Crippen LogP contribution in [0.1, 0.15) is 20.8 Å². The van der Waals surface area contributed by atoms with Gasteiger partial charge in [-0.2, -0.15) is 0 Å². The van der Waals surface area contributed by atoms with Crippen molar-refractivity contribution in [2.24, 2.45) is 0 Å². The van der Waals surface area contributed by atoms with E-state index in [9.17, 15) is 4.79 Å². The van der Waals surface area contributed by atoms with Gasteiger partial charge in [-0.05, 0) is 53.5 Å². The van der Waals surface area contributed by atoms with E-state index in [1.54, 1.807) is 0 Å². The Kier molecular flexibility index (Phi) is 3.80. The maximum Gasteiger partial charge on any atom is 0.412 e. The summed E-state index contributed by atoms with van der Waals surface area (Å²) in [6.45, 7) is 5.51. The van der Waals surface area contributed by atoms with Gasteiger partial charge in [-0.1, -0.05) is 30.3 Å². The van der Waals surface area contributed by atoms with E-state index in [-0.39, 0.29) is 0 Å². The molecule has 0 saturated heterocycles. The van der Waals surface area contributed by atoms with Crippen molar-refractivity contribution in [2.75, 3.05) is 5.32 Å². The SMILES string of the molecule is CC(C)(C)OC(=O)Nc1ccc2ccccc2c1Br. The number of carbonyl (C=O) groups excluding carboxylic acids is 1. The lowest BCUT2D eigenvalue weighted by Crippen LogP contribution is -2.27. The van der Waals surface area contributed by atoms with Crippen molar-refractivity contribution in [3.05, 3.63) is 40.9 Å². The van der Waals surface area contributed by atoms with Crippen molar-refractivity contribution >= 4 is 38.5 Å². The van der Waals surface area contributed by atoms with Crippen molar-refractivity contribution in [1.29, 1.82) is 0 Å². The minimum atomic E-state index is -0.507. The van der Waals surface area contributed by atoms with Gasteiger partial charge in [0.15, 0.2) is 0 Å². The van der Waals surface area contributed by atoms with Gasteiger partial charge in [0.05, 0.1) is 5.69 Å². The molecular formula is C15H16BrNO2. The minimum absolute atomic E-state index is 0.455. The highest BCUT2D eigenvalue weighted by molar-refractivity contribution is 9.10. The Morgan fingerprint density at radius 3 is 2.53 bits per heavy atom. The molecule has 3 nitrogen and oxygen atoms in total. The molecule has 0 atom stereocenters. The highest BCUT2D eigenvalue weighted by atomic mass is 79.9. The molecule has 4 heteroatoms. The van der Waals surface area contributed by atoms with Crippen LogP contribution in [0.5, 0.6) is 0 Å². The molecule has 2 aromatic rings. The predicted molar refractivity (Wildman–Crippen MR) is 81.5 cm³/mol. The first-order valence-electron chi connectivity index (χ1n) is 6.04. The number of amides is 1. The van der Waals surface area contributed by atoms with Crippen LogP contribution in [0.3, 0.4) is 0 Å². The molecule has 2 rings (SSSR count). The van der Waals surface area contributed by atoms with Crippen molar-refractivity contribution in [3.63, 3.8) is 0 Å². The van der Waals surface area contributed by atoms with Crippen LogP contribution in [-0.2, 0) is 4.74 Å². The van der Waals surface area contributed by atoms with Crippen LogP contribution in [0.4, 0.5) is 10.5 Å². The van der Waals surface area contributed by atoms with Gasteiger partial charge in [0.1, 0.15) is 5.60 Å². The van der Waals surface area contributed by atoms with Crippen molar-refractivity contribution < 1.29 is 9.53 Å². The van der Waals surface area contributed by atoms with E-state index in [1.807, 2.05) is 57.2 Å². The van der Waals surface area contributed by atoms with Gasteiger partial charge in [0.25, 0.3) is 0 Å². The standard InChI is InChI=1S/C15H16BrNO2/c1-15(2,3)19-14(18)17-12-9-8-10-6-4-5-7-11(10)13(12)16/h4-9H,1-3H3,(H,17,18). The van der Waals surface area contributed by atoms with Crippen LogP contribution < -0.4 is 5.32 Å². The summed E-state index contributed by atoms with van der Waals surface area (Å²) in [6, 6.07) is 11.8. The topological polar surface area (TPSA) is 38.3 Å². The zero-order chi connectivity index (χ0) is 14.0. The molecule has 0 aliphatic heterocycles. The first-order valence-corrected chi connectivity index (χ1v) is 6.83. The van der Waals surface area contributed by atoms with Crippen LogP contribution in [0.25, 0.3) is 10.8 Å². The predicted octanol–water partition coefficient (Wildman–Crippen LogP) is 4.95. The van der Waals surface area contributed by atoms with E-state index in [2.05, 4.69) is 21.2 Å². The maximum atomic E-state index is 11.8. The maximum absolute atomic E-state index is 11.8. The van der Waals surface area contributed by atoms with E-state index >= 15 is 0 Å². The largest absolute Gasteiger partial charge is 0.444 e. The zero-order valence-electron chi connectivity index (χ0n) is 11.2. The lowest BCUT2D eigenvalue weighted by atomic mass is 10.1. The van der Waals surface area contributed by atoms with E-state index in [4.69, 9.17) is 4.74 Å². The van der Waals surface area contributed by atoms with Gasteiger partial charge in [-0.25, -0.2) is 4.79 Å². The van der Waals surface area contributed by atoms with Crippen LogP contribution >= 0.6 is 15.9 Å². The van der Waals surface area contributed by atoms with E-state index in [0.29, 0.717) is 5.69 Å². The zero-order valence-corrected chi connectivity index (χ0v) is 12.7. The lowest BCUT2D eigenvalue weighted by Gasteiger charge is -2.20. The average Bonchev–Trinajstić information content (AvgIpc) is 2.31. The third-order valence-corrected chi connectivity index (χ3v) is 3.35. The fraction of sp³-hybridized carbons (Fsp3) is 0.267. The normalized spacial score (nSPS) is 11.4. The van der Waals surface area contributed by atoms with Gasteiger partial charge in [-0.3, -0.25) is 5.32 Å². The summed E-state index contributed by atoms with van der Waals surface area (Å²) < 4.78 is 6.10. The molecule has 0 spiro atoms. The smallest absolute Gasteiger partial charge is 0.412 e. The van der Waals surface area contributed by atoms with Gasteiger partial charge in [0.2, 0.25) is 0 Å². The molecule has 0 unspecified atom stereocenters. The van der Waals surface area contributed by atoms with Crippen molar-refractivity contribution in [3.8, 4) is 0 Å². The number of nitrogens with one attached hydrogen (secondary N) is 1. The number of fused-ring (bicyclic) bond motifs is 1. The second-order valence-electron chi connectivity index (χ2n) is 5.28. The van der Waals surface area contributed by atoms with Crippen molar-refractivity contribution in [1.82, 2.24) is 0 Å². The molecule has 0 bridgehead atoms. The molecule has 19 heavy (non-hydrogen) atoms. The molecule has 1 amide bonds. The fourth-order valence-electron chi connectivity index (χ4n) is 1.74. The molecule has 0 aromatic heterocycles. The number of benzene rings is 2. The fourth-order valence-corrected chi connectivity index (χ4v) is 2.34. The summed E-state index contributed by atoms with van der Waals surface area (Å²) >= 11 is 3.52. The number of hydrogen-bond acceptors (Lipinski definition) is 2. The number of ether oxygens (including phenoxy) is 1. The monoisotopic (exact) mass is 321 g/mol. The van der Waals surface area contributed by atoms with Gasteiger partial charge >= 0.3 is 6.09 Å². The summed E-state index contributed by atoms with van der Waals surface area (Å²) in [5, 5.41) is 4.92. The second kappa shape index (κ2) is 5.21. The Bertz CT molecular complexity index is 617. The third-order valence-electron chi connectivity index (χ3n) is 2.50. The Morgan fingerprint density at radius 2 is 1.84 bits per heavy atom. The molecule has 0 saturated carbocycles. The third kappa shape index (κ3) is 3.47. The molecule has 1 N–H and O–H groups in total. The second-order valence-corrected chi connectivity index (χ2v) is 6.07. The van der Waals surface area contributed by atoms with Crippen LogP contribution in [-0.4, -0.2) is 11.7 Å². The number of hydrogen-bond donors (Lipinski definition) is 1. The molecule has 0 fully saturated rings. The Labute approximate surface area is 121 Å². The number of halogens is 1. The first kappa shape index (κ1) is 13.9. The quantitative estimate of drug-likeness (QED) is 0.807. The molecule has 0 heterocycles. The molecule has 0 aliphatic carbocycles. The molecule has 0 aliphatic rings. The summed E-state index contributed by atoms with van der Waals surface area (Å²) in [5.74, 6) is 0. The summed E-state index contributed by atoms with van der Waals surface area (Å²) in [5.41, 5.74) is 0.195. The molecular weight excluding hydrogens is 306 g/mol. The number of anilines is 1. The van der Waals surface area contributed by atoms with E-state index < -0.39 is 11.7 Å². The Morgan fingerprint density at radius 1 is 1.16 bits per heavy atom. The minimum Gasteiger partial charge on any atom is -0.444 e. The van der Waals surface area contributed by atoms with Crippen LogP contribution in [0.2, 0.25) is 0 Å². The lowest BCUT2D eigenvalue weighted by molar-refractivity contribution is 0.0636. The first-order chi connectivity index (χ1) is 8.87. The highest BCUT2D eigenvalue weighted by Gasteiger charge is 2.17. The van der Waals surface area contributed by atoms with Crippen LogP contribution in [0.15, 0.2) is 40.9 Å². The summed E-state index contributed by atoms with van der Waals surface area (Å²) in [4.78, 5) is 11.8. The molecule has 0 radical (unpaired) electrons. The Hall–Kier alpha value is -1.55. The van der Waals surface area contributed by atoms with Gasteiger partial charge < -0.3 is 4.74 Å². The van der Waals surface area contributed by atoms with E-state index in [1.165, 1.54) is 0 Å². The summed E-state index contributed by atoms with van der Waals surface area (Å²) in [7, 11) is 0. The van der Waals surface area contributed by atoms with E-state index in [0.717, 1.165) is 15.2 Å². The highest BCUT2D eigenvalue weighted by Crippen LogP contribution is 2.31. The summed E-state index contributed by atoms with van der Waals surface area (Å²) in [6.07, 6.45) is -0.455. The average molecular weight is 322 g/mol. The number of carbonyl (C=O) groups is 1. The van der Waals surface area contributed by atoms with Gasteiger partial charge in [0, 0.05) is 4.47 Å². The Balaban J connectivity index is 2.26.